The minimum atomic E-state index is 1.09. The largest absolute Gasteiger partial charge is 0.357 e. The van der Waals surface area contributed by atoms with Crippen LogP contribution in [0.1, 0.15) is 19.3 Å². The molecular formula is C20H20N2. The summed E-state index contributed by atoms with van der Waals surface area (Å²) in [6.45, 7) is 2.25. The molecule has 0 amide bonds. The Labute approximate surface area is 131 Å². The van der Waals surface area contributed by atoms with Gasteiger partial charge in [-0.15, -0.1) is 0 Å². The first-order valence-corrected chi connectivity index (χ1v) is 8.12. The van der Waals surface area contributed by atoms with Crippen LogP contribution < -0.4 is 4.90 Å². The molecule has 2 heteroatoms. The molecule has 0 N–H and O–H groups in total. The highest BCUT2D eigenvalue weighted by Gasteiger charge is 2.15. The van der Waals surface area contributed by atoms with E-state index < -0.39 is 0 Å². The molecule has 1 saturated heterocycles. The van der Waals surface area contributed by atoms with Crippen molar-refractivity contribution in [3.63, 3.8) is 0 Å². The second kappa shape index (κ2) is 5.80. The highest BCUT2D eigenvalue weighted by atomic mass is 15.2. The average Bonchev–Trinajstić information content (AvgIpc) is 2.62. The van der Waals surface area contributed by atoms with Crippen LogP contribution in [-0.2, 0) is 0 Å². The summed E-state index contributed by atoms with van der Waals surface area (Å²) in [5, 5.41) is 1.23. The monoisotopic (exact) mass is 288 g/mol. The second-order valence-electron chi connectivity index (χ2n) is 5.96. The molecule has 0 saturated carbocycles. The molecular weight excluding hydrogens is 268 g/mol. The molecule has 0 bridgehead atoms. The molecule has 2 heterocycles. The van der Waals surface area contributed by atoms with E-state index in [2.05, 4.69) is 65.6 Å². The summed E-state index contributed by atoms with van der Waals surface area (Å²) in [4.78, 5) is 7.34. The smallest absolute Gasteiger partial charge is 0.129 e. The fourth-order valence-electron chi connectivity index (χ4n) is 3.30. The Kier molecular flexibility index (Phi) is 3.51. The van der Waals surface area contributed by atoms with Gasteiger partial charge in [-0.05, 0) is 42.5 Å². The van der Waals surface area contributed by atoms with Gasteiger partial charge in [0.1, 0.15) is 5.82 Å². The van der Waals surface area contributed by atoms with Crippen molar-refractivity contribution in [3.8, 4) is 11.1 Å². The molecule has 1 fully saturated rings. The van der Waals surface area contributed by atoms with Crippen molar-refractivity contribution < 1.29 is 0 Å². The van der Waals surface area contributed by atoms with E-state index in [9.17, 15) is 0 Å². The Bertz CT molecular complexity index is 774. The third-order valence-corrected chi connectivity index (χ3v) is 4.47. The van der Waals surface area contributed by atoms with Gasteiger partial charge in [0, 0.05) is 18.5 Å². The number of nitrogens with zero attached hydrogens (tertiary/aromatic N) is 2. The lowest BCUT2D eigenvalue weighted by Gasteiger charge is -2.28. The number of para-hydroxylation sites is 1. The predicted molar refractivity (Wildman–Crippen MR) is 93.2 cm³/mol. The molecule has 0 aliphatic carbocycles. The summed E-state index contributed by atoms with van der Waals surface area (Å²) >= 11 is 0. The van der Waals surface area contributed by atoms with E-state index in [1.54, 1.807) is 0 Å². The number of rotatable bonds is 2. The van der Waals surface area contributed by atoms with E-state index in [4.69, 9.17) is 4.98 Å². The maximum absolute atomic E-state index is 4.91. The van der Waals surface area contributed by atoms with Crippen LogP contribution in [0.5, 0.6) is 0 Å². The van der Waals surface area contributed by atoms with Gasteiger partial charge >= 0.3 is 0 Å². The maximum Gasteiger partial charge on any atom is 0.129 e. The molecule has 1 aliphatic rings. The van der Waals surface area contributed by atoms with Crippen molar-refractivity contribution in [3.05, 3.63) is 60.7 Å². The summed E-state index contributed by atoms with van der Waals surface area (Å²) < 4.78 is 0. The van der Waals surface area contributed by atoms with E-state index in [0.29, 0.717) is 0 Å². The molecule has 22 heavy (non-hydrogen) atoms. The molecule has 2 aromatic carbocycles. The lowest BCUT2D eigenvalue weighted by molar-refractivity contribution is 0.574. The molecule has 0 atom stereocenters. The predicted octanol–water partition coefficient (Wildman–Crippen LogP) is 4.89. The lowest BCUT2D eigenvalue weighted by atomic mass is 10.0. The van der Waals surface area contributed by atoms with Crippen molar-refractivity contribution >= 4 is 16.7 Å². The average molecular weight is 288 g/mol. The van der Waals surface area contributed by atoms with Gasteiger partial charge in [-0.2, -0.15) is 0 Å². The molecule has 4 rings (SSSR count). The maximum atomic E-state index is 4.91. The van der Waals surface area contributed by atoms with Crippen LogP contribution in [0.25, 0.3) is 22.0 Å². The third kappa shape index (κ3) is 2.45. The summed E-state index contributed by atoms with van der Waals surface area (Å²) in [7, 11) is 0. The first kappa shape index (κ1) is 13.3. The van der Waals surface area contributed by atoms with Gasteiger partial charge < -0.3 is 4.90 Å². The standard InChI is InChI=1S/C20H20N2/c1-3-9-16(10-4-1)18-15-20(22-13-7-2-8-14-22)21-19-12-6-5-11-17(18)19/h1,3-6,9-12,15H,2,7-8,13-14H2. The molecule has 0 spiro atoms. The van der Waals surface area contributed by atoms with E-state index in [1.807, 2.05) is 0 Å². The van der Waals surface area contributed by atoms with Crippen LogP contribution in [0.4, 0.5) is 5.82 Å². The van der Waals surface area contributed by atoms with Crippen LogP contribution in [0, 0.1) is 0 Å². The van der Waals surface area contributed by atoms with E-state index >= 15 is 0 Å². The van der Waals surface area contributed by atoms with Crippen LogP contribution in [0.15, 0.2) is 60.7 Å². The quantitative estimate of drug-likeness (QED) is 0.667. The fraction of sp³-hybridized carbons (Fsp3) is 0.250. The number of fused-ring (bicyclic) bond motifs is 1. The van der Waals surface area contributed by atoms with Crippen molar-refractivity contribution in [2.45, 2.75) is 19.3 Å². The molecule has 3 aromatic rings. The van der Waals surface area contributed by atoms with Gasteiger partial charge in [-0.1, -0.05) is 48.5 Å². The first-order chi connectivity index (χ1) is 10.9. The Hall–Kier alpha value is -2.35. The minimum Gasteiger partial charge on any atom is -0.357 e. The normalized spacial score (nSPS) is 15.2. The van der Waals surface area contributed by atoms with Crippen molar-refractivity contribution in [2.24, 2.45) is 0 Å². The number of benzene rings is 2. The lowest BCUT2D eigenvalue weighted by Crippen LogP contribution is -2.30. The van der Waals surface area contributed by atoms with Gasteiger partial charge in [-0.3, -0.25) is 0 Å². The summed E-state index contributed by atoms with van der Waals surface area (Å²) in [5.41, 5.74) is 3.63. The Morgan fingerprint density at radius 2 is 1.50 bits per heavy atom. The van der Waals surface area contributed by atoms with Gasteiger partial charge in [0.05, 0.1) is 5.52 Å². The van der Waals surface area contributed by atoms with Gasteiger partial charge in [0.25, 0.3) is 0 Å². The topological polar surface area (TPSA) is 16.1 Å². The van der Waals surface area contributed by atoms with Gasteiger partial charge in [-0.25, -0.2) is 4.98 Å². The number of hydrogen-bond donors (Lipinski definition) is 0. The number of hydrogen-bond acceptors (Lipinski definition) is 2. The highest BCUT2D eigenvalue weighted by Crippen LogP contribution is 2.32. The van der Waals surface area contributed by atoms with Crippen molar-refractivity contribution in [1.29, 1.82) is 0 Å². The van der Waals surface area contributed by atoms with E-state index in [-0.39, 0.29) is 0 Å². The van der Waals surface area contributed by atoms with Crippen LogP contribution in [-0.4, -0.2) is 18.1 Å². The first-order valence-electron chi connectivity index (χ1n) is 8.12. The van der Waals surface area contributed by atoms with Gasteiger partial charge in [0.15, 0.2) is 0 Å². The zero-order valence-corrected chi connectivity index (χ0v) is 12.7. The molecule has 1 aromatic heterocycles. The van der Waals surface area contributed by atoms with Crippen LogP contribution in [0.2, 0.25) is 0 Å². The Morgan fingerprint density at radius 1 is 0.773 bits per heavy atom. The van der Waals surface area contributed by atoms with Crippen molar-refractivity contribution in [2.75, 3.05) is 18.0 Å². The summed E-state index contributed by atoms with van der Waals surface area (Å²) in [5.74, 6) is 1.12. The van der Waals surface area contributed by atoms with E-state index in [1.165, 1.54) is 35.8 Å². The SMILES string of the molecule is c1ccc(-c2cc(N3CCCCC3)nc3ccccc23)cc1. The second-order valence-corrected chi connectivity index (χ2v) is 5.96. The van der Waals surface area contributed by atoms with E-state index in [0.717, 1.165) is 24.4 Å². The van der Waals surface area contributed by atoms with Crippen LogP contribution >= 0.6 is 0 Å². The Balaban J connectivity index is 1.89. The third-order valence-electron chi connectivity index (χ3n) is 4.47. The zero-order valence-electron chi connectivity index (χ0n) is 12.7. The zero-order chi connectivity index (χ0) is 14.8. The molecule has 0 unspecified atom stereocenters. The molecule has 1 aliphatic heterocycles. The highest BCUT2D eigenvalue weighted by molar-refractivity contribution is 5.96. The van der Waals surface area contributed by atoms with Gasteiger partial charge in [0.2, 0.25) is 0 Å². The summed E-state index contributed by atoms with van der Waals surface area (Å²) in [6.07, 6.45) is 3.89. The number of anilines is 1. The number of aromatic nitrogens is 1. The number of pyridine rings is 1. The minimum absolute atomic E-state index is 1.09. The van der Waals surface area contributed by atoms with Crippen molar-refractivity contribution in [1.82, 2.24) is 4.98 Å². The number of piperidine rings is 1. The fourth-order valence-corrected chi connectivity index (χ4v) is 3.30. The molecule has 110 valence electrons. The molecule has 0 radical (unpaired) electrons. The molecule has 2 nitrogen and oxygen atoms in total. The summed E-state index contributed by atoms with van der Waals surface area (Å²) in [6, 6.07) is 21.4. The van der Waals surface area contributed by atoms with Crippen LogP contribution in [0.3, 0.4) is 0 Å². The Morgan fingerprint density at radius 3 is 2.32 bits per heavy atom.